The summed E-state index contributed by atoms with van der Waals surface area (Å²) in [5, 5.41) is 6.49. The SMILES string of the molecule is COCCOCCCOC(=O)c1csc(S(N)(=O)=O)c1C. The molecule has 0 aromatic carbocycles. The third kappa shape index (κ3) is 5.71. The largest absolute Gasteiger partial charge is 0.462 e. The monoisotopic (exact) mass is 337 g/mol. The lowest BCUT2D eigenvalue weighted by atomic mass is 10.2. The molecule has 0 saturated heterocycles. The van der Waals surface area contributed by atoms with Gasteiger partial charge in [-0.25, -0.2) is 18.4 Å². The van der Waals surface area contributed by atoms with Gasteiger partial charge < -0.3 is 14.2 Å². The van der Waals surface area contributed by atoms with Gasteiger partial charge in [-0.1, -0.05) is 0 Å². The summed E-state index contributed by atoms with van der Waals surface area (Å²) < 4.78 is 37.7. The molecule has 0 aliphatic heterocycles. The van der Waals surface area contributed by atoms with Crippen molar-refractivity contribution in [1.29, 1.82) is 0 Å². The number of nitrogens with two attached hydrogens (primary N) is 1. The van der Waals surface area contributed by atoms with E-state index in [1.807, 2.05) is 0 Å². The summed E-state index contributed by atoms with van der Waals surface area (Å²) in [6.07, 6.45) is 0.556. The zero-order valence-electron chi connectivity index (χ0n) is 12.0. The highest BCUT2D eigenvalue weighted by Crippen LogP contribution is 2.25. The van der Waals surface area contributed by atoms with Gasteiger partial charge in [0.05, 0.1) is 25.4 Å². The molecule has 1 rings (SSSR count). The fraction of sp³-hybridized carbons (Fsp3) is 0.583. The van der Waals surface area contributed by atoms with Gasteiger partial charge >= 0.3 is 5.97 Å². The van der Waals surface area contributed by atoms with Crippen LogP contribution >= 0.6 is 11.3 Å². The fourth-order valence-electron chi connectivity index (χ4n) is 1.53. The summed E-state index contributed by atoms with van der Waals surface area (Å²) in [5.74, 6) is -0.560. The van der Waals surface area contributed by atoms with E-state index in [0.29, 0.717) is 31.8 Å². The van der Waals surface area contributed by atoms with Crippen molar-refractivity contribution in [2.24, 2.45) is 5.14 Å². The molecule has 7 nitrogen and oxygen atoms in total. The van der Waals surface area contributed by atoms with E-state index in [4.69, 9.17) is 19.3 Å². The molecule has 0 radical (unpaired) electrons. The first-order chi connectivity index (χ1) is 9.88. The lowest BCUT2D eigenvalue weighted by molar-refractivity contribution is 0.0385. The van der Waals surface area contributed by atoms with Gasteiger partial charge in [0.1, 0.15) is 4.21 Å². The first-order valence-corrected chi connectivity index (χ1v) is 8.65. The van der Waals surface area contributed by atoms with E-state index in [2.05, 4.69) is 0 Å². The number of thiophene rings is 1. The van der Waals surface area contributed by atoms with Crippen LogP contribution in [0.25, 0.3) is 0 Å². The van der Waals surface area contributed by atoms with E-state index in [0.717, 1.165) is 11.3 Å². The van der Waals surface area contributed by atoms with Crippen LogP contribution in [0.15, 0.2) is 9.59 Å². The summed E-state index contributed by atoms with van der Waals surface area (Å²) in [6.45, 7) is 3.20. The Kier molecular flexibility index (Phi) is 7.26. The van der Waals surface area contributed by atoms with Gasteiger partial charge in [0, 0.05) is 25.5 Å². The van der Waals surface area contributed by atoms with Crippen molar-refractivity contribution in [3.63, 3.8) is 0 Å². The number of hydrogen-bond donors (Lipinski definition) is 1. The molecular formula is C12H19NO6S2. The number of hydrogen-bond acceptors (Lipinski definition) is 7. The zero-order chi connectivity index (χ0) is 15.9. The Bertz CT molecular complexity index is 566. The third-order valence-corrected chi connectivity index (χ3v) is 5.25. The van der Waals surface area contributed by atoms with Crippen molar-refractivity contribution in [2.75, 3.05) is 33.5 Å². The summed E-state index contributed by atoms with van der Waals surface area (Å²) in [6, 6.07) is 0. The number of esters is 1. The lowest BCUT2D eigenvalue weighted by Gasteiger charge is -2.05. The van der Waals surface area contributed by atoms with Gasteiger partial charge in [-0.2, -0.15) is 0 Å². The number of carbonyl (C=O) groups is 1. The van der Waals surface area contributed by atoms with E-state index in [-0.39, 0.29) is 16.4 Å². The molecule has 2 N–H and O–H groups in total. The predicted octanol–water partition coefficient (Wildman–Crippen LogP) is 0.914. The number of primary sulfonamides is 1. The van der Waals surface area contributed by atoms with E-state index in [1.54, 1.807) is 7.11 Å². The second-order valence-corrected chi connectivity index (χ2v) is 6.84. The van der Waals surface area contributed by atoms with E-state index >= 15 is 0 Å². The molecule has 0 fully saturated rings. The maximum Gasteiger partial charge on any atom is 0.339 e. The van der Waals surface area contributed by atoms with Gasteiger partial charge in [0.15, 0.2) is 0 Å². The molecule has 0 bridgehead atoms. The van der Waals surface area contributed by atoms with Crippen LogP contribution < -0.4 is 5.14 Å². The van der Waals surface area contributed by atoms with Crippen LogP contribution in [0.4, 0.5) is 0 Å². The Hall–Kier alpha value is -1.00. The Labute approximate surface area is 128 Å². The maximum absolute atomic E-state index is 11.8. The highest BCUT2D eigenvalue weighted by molar-refractivity contribution is 7.91. The Morgan fingerprint density at radius 2 is 2.00 bits per heavy atom. The highest BCUT2D eigenvalue weighted by Gasteiger charge is 2.21. The lowest BCUT2D eigenvalue weighted by Crippen LogP contribution is -2.13. The van der Waals surface area contributed by atoms with Gasteiger partial charge in [0.25, 0.3) is 0 Å². The molecule has 0 aliphatic carbocycles. The summed E-state index contributed by atoms with van der Waals surface area (Å²) >= 11 is 0.912. The number of sulfonamides is 1. The van der Waals surface area contributed by atoms with Crippen LogP contribution in [-0.4, -0.2) is 47.9 Å². The van der Waals surface area contributed by atoms with Gasteiger partial charge in [-0.05, 0) is 12.5 Å². The molecule has 0 saturated carbocycles. The van der Waals surface area contributed by atoms with E-state index in [1.165, 1.54) is 12.3 Å². The molecule has 0 atom stereocenters. The average Bonchev–Trinajstić information content (AvgIpc) is 2.79. The summed E-state index contributed by atoms with van der Waals surface area (Å²) in [5.41, 5.74) is 0.549. The average molecular weight is 337 g/mol. The van der Waals surface area contributed by atoms with Crippen LogP contribution in [0.1, 0.15) is 22.3 Å². The van der Waals surface area contributed by atoms with Crippen molar-refractivity contribution in [1.82, 2.24) is 0 Å². The van der Waals surface area contributed by atoms with E-state index in [9.17, 15) is 13.2 Å². The molecule has 0 aliphatic rings. The minimum absolute atomic E-state index is 0.0163. The molecule has 0 unspecified atom stereocenters. The van der Waals surface area contributed by atoms with Crippen molar-refractivity contribution < 1.29 is 27.4 Å². The molecule has 1 aromatic rings. The second kappa shape index (κ2) is 8.44. The quantitative estimate of drug-likeness (QED) is 0.530. The number of methoxy groups -OCH3 is 1. The number of carbonyl (C=O) groups excluding carboxylic acids is 1. The van der Waals surface area contributed by atoms with Crippen LogP contribution in [-0.2, 0) is 24.2 Å². The van der Waals surface area contributed by atoms with E-state index < -0.39 is 16.0 Å². The molecule has 21 heavy (non-hydrogen) atoms. The fourth-order valence-corrected chi connectivity index (χ4v) is 3.53. The normalized spacial score (nSPS) is 11.6. The Morgan fingerprint density at radius 3 is 2.57 bits per heavy atom. The third-order valence-electron chi connectivity index (χ3n) is 2.57. The highest BCUT2D eigenvalue weighted by atomic mass is 32.2. The summed E-state index contributed by atoms with van der Waals surface area (Å²) in [4.78, 5) is 11.8. The standard InChI is InChI=1S/C12H19NO6S2/c1-9-10(8-20-12(9)21(13,15)16)11(14)19-5-3-4-18-7-6-17-2/h8H,3-7H2,1-2H3,(H2,13,15,16). The van der Waals surface area contributed by atoms with Gasteiger partial charge in [0.2, 0.25) is 10.0 Å². The van der Waals surface area contributed by atoms with Crippen molar-refractivity contribution in [3.8, 4) is 0 Å². The van der Waals surface area contributed by atoms with Crippen LogP contribution in [0, 0.1) is 6.92 Å². The minimum Gasteiger partial charge on any atom is -0.462 e. The number of rotatable bonds is 9. The Balaban J connectivity index is 2.42. The van der Waals surface area contributed by atoms with Gasteiger partial charge in [-0.3, -0.25) is 0 Å². The maximum atomic E-state index is 11.8. The molecule has 9 heteroatoms. The van der Waals surface area contributed by atoms with Crippen molar-refractivity contribution >= 4 is 27.3 Å². The second-order valence-electron chi connectivity index (χ2n) is 4.20. The molecule has 0 spiro atoms. The van der Waals surface area contributed by atoms with Crippen molar-refractivity contribution in [3.05, 3.63) is 16.5 Å². The van der Waals surface area contributed by atoms with Crippen LogP contribution in [0.5, 0.6) is 0 Å². The first kappa shape index (κ1) is 18.1. The molecule has 120 valence electrons. The van der Waals surface area contributed by atoms with Crippen molar-refractivity contribution in [2.45, 2.75) is 17.6 Å². The number of ether oxygens (including phenoxy) is 3. The molecule has 1 aromatic heterocycles. The molecule has 0 amide bonds. The minimum atomic E-state index is -3.81. The van der Waals surface area contributed by atoms with Gasteiger partial charge in [-0.15, -0.1) is 11.3 Å². The molecular weight excluding hydrogens is 318 g/mol. The summed E-state index contributed by atoms with van der Waals surface area (Å²) in [7, 11) is -2.22. The topological polar surface area (TPSA) is 105 Å². The zero-order valence-corrected chi connectivity index (χ0v) is 13.6. The van der Waals surface area contributed by atoms with Crippen LogP contribution in [0.3, 0.4) is 0 Å². The first-order valence-electron chi connectivity index (χ1n) is 6.22. The molecule has 1 heterocycles. The predicted molar refractivity (Wildman–Crippen MR) is 78.0 cm³/mol. The smallest absolute Gasteiger partial charge is 0.339 e. The van der Waals surface area contributed by atoms with Crippen LogP contribution in [0.2, 0.25) is 0 Å². The Morgan fingerprint density at radius 1 is 1.29 bits per heavy atom.